The first kappa shape index (κ1) is 29.4. The monoisotopic (exact) mass is 594 g/mol. The predicted molar refractivity (Wildman–Crippen MR) is 156 cm³/mol. The third-order valence-corrected chi connectivity index (χ3v) is 7.40. The van der Waals surface area contributed by atoms with E-state index in [0.29, 0.717) is 28.8 Å². The number of unbranched alkanes of at least 4 members (excludes halogenated alkanes) is 1. The summed E-state index contributed by atoms with van der Waals surface area (Å²) in [6, 6.07) is 22.9. The normalized spacial score (nSPS) is 11.0. The maximum atomic E-state index is 12.8. The van der Waals surface area contributed by atoms with Crippen molar-refractivity contribution in [1.29, 1.82) is 0 Å². The van der Waals surface area contributed by atoms with E-state index in [9.17, 15) is 23.1 Å². The maximum Gasteiger partial charge on any atom is 0.337 e. The number of anilines is 2. The van der Waals surface area contributed by atoms with E-state index in [2.05, 4.69) is 10.0 Å². The second-order valence-corrected chi connectivity index (χ2v) is 11.0. The number of aromatic carboxylic acids is 1. The lowest BCUT2D eigenvalue weighted by Crippen LogP contribution is -2.30. The second kappa shape index (κ2) is 13.2. The second-order valence-electron chi connectivity index (χ2n) is 8.88. The molecule has 0 atom stereocenters. The average Bonchev–Trinajstić information content (AvgIpc) is 2.95. The largest absolute Gasteiger partial charge is 0.494 e. The Balaban J connectivity index is 1.45. The Morgan fingerprint density at radius 3 is 2.24 bits per heavy atom. The molecule has 0 saturated heterocycles. The summed E-state index contributed by atoms with van der Waals surface area (Å²) in [5.74, 6) is -1.08. The molecule has 4 rings (SSSR count). The average molecular weight is 595 g/mol. The topological polar surface area (TPSA) is 131 Å². The van der Waals surface area contributed by atoms with Crippen LogP contribution in [-0.4, -0.2) is 32.0 Å². The van der Waals surface area contributed by atoms with Crippen molar-refractivity contribution in [3.8, 4) is 17.2 Å². The van der Waals surface area contributed by atoms with E-state index in [1.54, 1.807) is 42.5 Å². The zero-order chi connectivity index (χ0) is 29.4. The number of carboxylic acid groups (broad SMARTS) is 1. The van der Waals surface area contributed by atoms with Crippen molar-refractivity contribution in [2.75, 3.05) is 11.9 Å². The van der Waals surface area contributed by atoms with Crippen LogP contribution >= 0.6 is 11.6 Å². The summed E-state index contributed by atoms with van der Waals surface area (Å²) in [6.07, 6.45) is 1.86. The summed E-state index contributed by atoms with van der Waals surface area (Å²) in [7, 11) is -4.14. The quantitative estimate of drug-likeness (QED) is 0.151. The number of hydrogen-bond acceptors (Lipinski definition) is 7. The fourth-order valence-corrected chi connectivity index (χ4v) is 4.79. The molecular weight excluding hydrogens is 568 g/mol. The van der Waals surface area contributed by atoms with Crippen molar-refractivity contribution < 1.29 is 32.6 Å². The van der Waals surface area contributed by atoms with Crippen molar-refractivity contribution in [3.63, 3.8) is 0 Å². The summed E-state index contributed by atoms with van der Waals surface area (Å²) >= 11 is 5.91. The third kappa shape index (κ3) is 8.00. The van der Waals surface area contributed by atoms with E-state index in [1.807, 2.05) is 6.92 Å². The van der Waals surface area contributed by atoms with Gasteiger partial charge in [-0.25, -0.2) is 17.9 Å². The first-order valence-corrected chi connectivity index (χ1v) is 14.5. The van der Waals surface area contributed by atoms with Gasteiger partial charge < -0.3 is 19.9 Å². The summed E-state index contributed by atoms with van der Waals surface area (Å²) in [5, 5.41) is 13.3. The molecule has 0 aliphatic rings. The van der Waals surface area contributed by atoms with Crippen molar-refractivity contribution in [2.24, 2.45) is 0 Å². The molecule has 0 heterocycles. The van der Waals surface area contributed by atoms with Crippen LogP contribution in [-0.2, 0) is 10.0 Å². The standard InChI is InChI=1S/C30H27ClN2O7S/c1-2-3-17-39-23-11-14-26(15-12-23)41(37,38)33-29(34)20-5-4-6-24(18-20)40-25-13-16-28(27(19-25)30(35)36)32-22-9-7-21(31)8-10-22/h4-16,18-19,32H,2-3,17H2,1H3,(H,33,34)(H,35,36). The molecule has 41 heavy (non-hydrogen) atoms. The molecule has 0 bridgehead atoms. The number of ether oxygens (including phenoxy) is 2. The minimum atomic E-state index is -4.14. The lowest BCUT2D eigenvalue weighted by Gasteiger charge is -2.13. The number of carbonyl (C=O) groups excluding carboxylic acids is 1. The summed E-state index contributed by atoms with van der Waals surface area (Å²) in [4.78, 5) is 24.6. The van der Waals surface area contributed by atoms with Crippen molar-refractivity contribution in [3.05, 3.63) is 107 Å². The Morgan fingerprint density at radius 1 is 0.878 bits per heavy atom. The first-order valence-electron chi connectivity index (χ1n) is 12.6. The van der Waals surface area contributed by atoms with E-state index < -0.39 is 21.9 Å². The highest BCUT2D eigenvalue weighted by atomic mass is 35.5. The number of carboxylic acids is 1. The van der Waals surface area contributed by atoms with Gasteiger partial charge in [-0.05, 0) is 91.3 Å². The van der Waals surface area contributed by atoms with Gasteiger partial charge >= 0.3 is 5.97 Å². The minimum absolute atomic E-state index is 0.0325. The molecule has 9 nitrogen and oxygen atoms in total. The van der Waals surface area contributed by atoms with Gasteiger partial charge in [-0.1, -0.05) is 31.0 Å². The molecule has 4 aromatic carbocycles. The van der Waals surface area contributed by atoms with Gasteiger partial charge in [0, 0.05) is 16.3 Å². The van der Waals surface area contributed by atoms with Gasteiger partial charge in [-0.2, -0.15) is 0 Å². The van der Waals surface area contributed by atoms with Gasteiger partial charge in [0.05, 0.1) is 22.8 Å². The SMILES string of the molecule is CCCCOc1ccc(S(=O)(=O)NC(=O)c2cccc(Oc3ccc(Nc4ccc(Cl)cc4)c(C(=O)O)c3)c2)cc1. The van der Waals surface area contributed by atoms with Crippen LogP contribution < -0.4 is 19.5 Å². The molecule has 0 fully saturated rings. The van der Waals surface area contributed by atoms with E-state index in [4.69, 9.17) is 21.1 Å². The molecular formula is C30H27ClN2O7S. The van der Waals surface area contributed by atoms with Gasteiger partial charge in [0.1, 0.15) is 17.2 Å². The van der Waals surface area contributed by atoms with E-state index >= 15 is 0 Å². The summed E-state index contributed by atoms with van der Waals surface area (Å²) in [5.41, 5.74) is 0.978. The molecule has 0 aromatic heterocycles. The van der Waals surface area contributed by atoms with E-state index in [0.717, 1.165) is 12.8 Å². The molecule has 0 saturated carbocycles. The lowest BCUT2D eigenvalue weighted by molar-refractivity contribution is 0.0697. The van der Waals surface area contributed by atoms with Gasteiger partial charge in [0.25, 0.3) is 15.9 Å². The molecule has 0 aliphatic heterocycles. The molecule has 0 spiro atoms. The van der Waals surface area contributed by atoms with Crippen molar-refractivity contribution >= 4 is 44.9 Å². The number of rotatable bonds is 12. The van der Waals surface area contributed by atoms with E-state index in [-0.39, 0.29) is 27.5 Å². The van der Waals surface area contributed by atoms with Gasteiger partial charge in [0.2, 0.25) is 0 Å². The van der Waals surface area contributed by atoms with Gasteiger partial charge in [0.15, 0.2) is 0 Å². The maximum absolute atomic E-state index is 12.8. The Kier molecular flexibility index (Phi) is 9.49. The van der Waals surface area contributed by atoms with Crippen molar-refractivity contribution in [2.45, 2.75) is 24.7 Å². The zero-order valence-corrected chi connectivity index (χ0v) is 23.5. The number of amides is 1. The van der Waals surface area contributed by atoms with Crippen LogP contribution in [0.4, 0.5) is 11.4 Å². The zero-order valence-electron chi connectivity index (χ0n) is 22.0. The highest BCUT2D eigenvalue weighted by molar-refractivity contribution is 7.90. The molecule has 11 heteroatoms. The molecule has 0 aliphatic carbocycles. The summed E-state index contributed by atoms with van der Waals surface area (Å²) < 4.78 is 38.9. The van der Waals surface area contributed by atoms with Crippen LogP contribution in [0.1, 0.15) is 40.5 Å². The molecule has 4 aromatic rings. The highest BCUT2D eigenvalue weighted by Crippen LogP contribution is 2.29. The van der Waals surface area contributed by atoms with Crippen LogP contribution in [0.2, 0.25) is 5.02 Å². The van der Waals surface area contributed by atoms with Crippen molar-refractivity contribution in [1.82, 2.24) is 4.72 Å². The number of hydrogen-bond donors (Lipinski definition) is 3. The minimum Gasteiger partial charge on any atom is -0.494 e. The molecule has 0 unspecified atom stereocenters. The number of halogens is 1. The molecule has 212 valence electrons. The fourth-order valence-electron chi connectivity index (χ4n) is 3.69. The Labute approximate surface area is 242 Å². The van der Waals surface area contributed by atoms with Crippen LogP contribution in [0.25, 0.3) is 0 Å². The van der Waals surface area contributed by atoms with E-state index in [1.165, 1.54) is 48.5 Å². The predicted octanol–water partition coefficient (Wildman–Crippen LogP) is 6.87. The van der Waals surface area contributed by atoms with Crippen LogP contribution in [0.3, 0.4) is 0 Å². The fraction of sp³-hybridized carbons (Fsp3) is 0.133. The number of benzene rings is 4. The number of carbonyl (C=O) groups is 2. The first-order chi connectivity index (χ1) is 19.6. The Morgan fingerprint density at radius 2 is 1.56 bits per heavy atom. The Hall–Kier alpha value is -4.54. The smallest absolute Gasteiger partial charge is 0.337 e. The van der Waals surface area contributed by atoms with Gasteiger partial charge in [-0.3, -0.25) is 4.79 Å². The van der Waals surface area contributed by atoms with Crippen LogP contribution in [0.5, 0.6) is 17.2 Å². The lowest BCUT2D eigenvalue weighted by atomic mass is 10.1. The molecule has 3 N–H and O–H groups in total. The number of sulfonamides is 1. The highest BCUT2D eigenvalue weighted by Gasteiger charge is 2.20. The van der Waals surface area contributed by atoms with Crippen LogP contribution in [0, 0.1) is 0 Å². The number of nitrogens with one attached hydrogen (secondary N) is 2. The third-order valence-electron chi connectivity index (χ3n) is 5.80. The van der Waals surface area contributed by atoms with Gasteiger partial charge in [-0.15, -0.1) is 0 Å². The molecule has 1 amide bonds. The summed E-state index contributed by atoms with van der Waals surface area (Å²) in [6.45, 7) is 2.57. The molecule has 0 radical (unpaired) electrons. The van der Waals surface area contributed by atoms with Crippen LogP contribution in [0.15, 0.2) is 95.9 Å². The Bertz CT molecular complexity index is 1640.